The molecule has 0 aliphatic heterocycles. The van der Waals surface area contributed by atoms with Crippen molar-refractivity contribution >= 4 is 107 Å². The quantitative estimate of drug-likeness (QED) is 0.0203. The molecule has 0 radical (unpaired) electrons. The van der Waals surface area contributed by atoms with Gasteiger partial charge in [-0.1, -0.05) is 218 Å². The minimum atomic E-state index is 0.322. The van der Waals surface area contributed by atoms with E-state index in [0.29, 0.717) is 95.8 Å². The molecule has 648 valence electrons. The Morgan fingerprint density at radius 2 is 0.613 bits per heavy atom. The average molecular weight is 1680 g/mol. The summed E-state index contributed by atoms with van der Waals surface area (Å²) in [4.78, 5) is 24.0. The molecule has 8 heterocycles. The SMILES string of the molecule is CN(CCCc1ccccc1)c1n[nH]c(N)n1.CN(CCc1ccccc1)c1n[nH]c(N)n1.CN(Cc1ccccc1)c1n[nH]c(N)n1.CN(c1ccccc1)c1n[nH]c(N)n1.Cn1c(N)nnc1NCCCc1ccccc1.Cn1c(N)nnc1NCCc1ccccc1.Cn1c(N)nnc1NCc1ccccc1.Cn1c(N)nnc1Nc1ccccc1. The number of hydrogen-bond acceptors (Lipinski definition) is 32. The van der Waals surface area contributed by atoms with Crippen molar-refractivity contribution in [2.75, 3.05) is 141 Å². The molecule has 16 rings (SSSR count). The maximum Gasteiger partial charge on any atom is 0.250 e. The van der Waals surface area contributed by atoms with Gasteiger partial charge in [-0.3, -0.25) is 18.3 Å². The molecule has 0 spiro atoms. The van der Waals surface area contributed by atoms with Gasteiger partial charge in [-0.2, -0.15) is 19.9 Å². The van der Waals surface area contributed by atoms with Crippen LogP contribution >= 0.6 is 0 Å². The lowest BCUT2D eigenvalue weighted by Gasteiger charge is -2.14. The molecule has 0 atom stereocenters. The van der Waals surface area contributed by atoms with Crippen LogP contribution in [0, 0.1) is 0 Å². The summed E-state index contributed by atoms with van der Waals surface area (Å²) in [6.45, 7) is 4.93. The smallest absolute Gasteiger partial charge is 0.250 e. The molecule has 40 nitrogen and oxygen atoms in total. The van der Waals surface area contributed by atoms with Gasteiger partial charge in [0.2, 0.25) is 89.2 Å². The first kappa shape index (κ1) is 91.6. The number of nitrogens with zero attached hydrogens (tertiary/aromatic N) is 24. The predicted molar refractivity (Wildman–Crippen MR) is 495 cm³/mol. The molecule has 0 saturated carbocycles. The van der Waals surface area contributed by atoms with Gasteiger partial charge in [-0.15, -0.1) is 61.2 Å². The highest BCUT2D eigenvalue weighted by Crippen LogP contribution is 2.21. The molecule has 0 amide bonds. The lowest BCUT2D eigenvalue weighted by Crippen LogP contribution is -2.21. The Bertz CT molecular complexity index is 5540. The zero-order chi connectivity index (χ0) is 88.2. The topological polar surface area (TPSA) is 558 Å². The lowest BCUT2D eigenvalue weighted by molar-refractivity contribution is 0.768. The minimum Gasteiger partial charge on any atom is -0.368 e. The van der Waals surface area contributed by atoms with Crippen molar-refractivity contribution in [3.05, 3.63) is 276 Å². The van der Waals surface area contributed by atoms with Crippen LogP contribution in [0.5, 0.6) is 0 Å². The molecule has 24 N–H and O–H groups in total. The monoisotopic (exact) mass is 1680 g/mol. The van der Waals surface area contributed by atoms with Crippen LogP contribution in [0.15, 0.2) is 243 Å². The number of likely N-dealkylation sites (N-methyl/N-ethyl adjacent to an activating group) is 1. The number of nitrogens with one attached hydrogen (secondary N) is 8. The van der Waals surface area contributed by atoms with Gasteiger partial charge in [0.1, 0.15) is 0 Å². The molecular formula is C84H112N40. The van der Waals surface area contributed by atoms with Crippen molar-refractivity contribution in [3.8, 4) is 0 Å². The Hall–Kier alpha value is -16.3. The van der Waals surface area contributed by atoms with E-state index in [9.17, 15) is 0 Å². The molecule has 0 saturated heterocycles. The maximum absolute atomic E-state index is 5.59. The minimum absolute atomic E-state index is 0.322. The summed E-state index contributed by atoms with van der Waals surface area (Å²) in [5.74, 6) is 8.19. The van der Waals surface area contributed by atoms with Crippen LogP contribution in [0.25, 0.3) is 0 Å². The van der Waals surface area contributed by atoms with Crippen molar-refractivity contribution in [2.24, 2.45) is 28.2 Å². The second kappa shape index (κ2) is 49.2. The summed E-state index contributed by atoms with van der Waals surface area (Å²) in [6.07, 6.45) is 6.15. The van der Waals surface area contributed by atoms with Crippen molar-refractivity contribution in [1.82, 2.24) is 120 Å². The van der Waals surface area contributed by atoms with Gasteiger partial charge in [-0.25, -0.2) is 20.4 Å². The number of H-pyrrole nitrogens is 4. The number of aryl methyl sites for hydroxylation is 2. The van der Waals surface area contributed by atoms with Crippen LogP contribution < -0.4 is 86.7 Å². The molecule has 0 unspecified atom stereocenters. The van der Waals surface area contributed by atoms with Crippen molar-refractivity contribution in [3.63, 3.8) is 0 Å². The standard InChI is InChI=1S/2C12H17N5.2C11H15N5.2C10H13N5.2C9H11N5/c1-17(12-14-11(13)15-16-12)9-5-8-10-6-3-2-4-7-10;1-17-11(13)15-16-12(17)14-9-5-8-10-6-3-2-4-7-10;1-16(11-13-10(12)14-15-11)8-7-9-5-3-2-4-6-9;1-16-10(12)14-15-11(16)13-8-7-9-5-3-2-4-6-9;1-15(10-12-9(11)13-14-10)7-8-5-3-2-4-6-8;1-15-9(11)13-14-10(15)12-7-8-5-3-2-4-6-8;1-14(7-5-3-2-4-6-7)9-11-8(10)12-13-9;1-14-8(10)12-13-9(14)11-7-5-3-2-4-6-7/h2-4,6-7H,5,8-9H2,1H3,(H3,13,14,15,16);2-4,6-7H,5,8-9H2,1H3,(H2,13,15)(H,14,16);2-6H,7-8H2,1H3,(H3,12,13,14,15);2-6H,7-8H2,1H3,(H2,12,14)(H,13,15);2-6H,7H2,1H3,(H3,11,12,13,14);2-6H,7H2,1H3,(H2,11,13)(H,12,14);2-6H,1H3,(H3,10,11,12,13);2-6H,1H3,(H2,10,12)(H,11,13). The third-order valence-corrected chi connectivity index (χ3v) is 18.3. The first-order valence-electron chi connectivity index (χ1n) is 39.6. The van der Waals surface area contributed by atoms with E-state index in [2.05, 4.69) is 208 Å². The molecule has 0 bridgehead atoms. The van der Waals surface area contributed by atoms with Gasteiger partial charge in [0.15, 0.2) is 0 Å². The van der Waals surface area contributed by atoms with Crippen LogP contribution in [0.1, 0.15) is 46.2 Å². The number of aromatic amines is 4. The van der Waals surface area contributed by atoms with E-state index in [0.717, 1.165) is 88.6 Å². The summed E-state index contributed by atoms with van der Waals surface area (Å²) >= 11 is 0. The third kappa shape index (κ3) is 31.2. The first-order valence-corrected chi connectivity index (χ1v) is 39.6. The highest BCUT2D eigenvalue weighted by Gasteiger charge is 2.13. The molecule has 8 aromatic heterocycles. The van der Waals surface area contributed by atoms with Gasteiger partial charge in [0, 0.05) is 107 Å². The lowest BCUT2D eigenvalue weighted by atomic mass is 10.1. The van der Waals surface area contributed by atoms with Crippen molar-refractivity contribution in [1.29, 1.82) is 0 Å². The molecule has 0 aliphatic rings. The fourth-order valence-electron chi connectivity index (χ4n) is 11.2. The average Bonchev–Trinajstić information content (AvgIpc) is 1.81. The number of nitrogen functional groups attached to an aromatic ring is 8. The van der Waals surface area contributed by atoms with Gasteiger partial charge < -0.3 is 86.7 Å². The first-order chi connectivity index (χ1) is 60.1. The van der Waals surface area contributed by atoms with Gasteiger partial charge in [-0.05, 0) is 96.2 Å². The number of aromatic nitrogens is 24. The summed E-state index contributed by atoms with van der Waals surface area (Å²) < 4.78 is 6.86. The molecular weight excluding hydrogens is 1570 g/mol. The molecule has 0 fully saturated rings. The summed E-state index contributed by atoms with van der Waals surface area (Å²) in [6, 6.07) is 81.3. The predicted octanol–water partition coefficient (Wildman–Crippen LogP) is 9.34. The number of benzene rings is 8. The summed E-state index contributed by atoms with van der Waals surface area (Å²) in [7, 11) is 15.0. The van der Waals surface area contributed by atoms with Crippen molar-refractivity contribution in [2.45, 2.75) is 51.6 Å². The van der Waals surface area contributed by atoms with Crippen LogP contribution in [0.3, 0.4) is 0 Å². The Morgan fingerprint density at radius 3 is 1.00 bits per heavy atom. The van der Waals surface area contributed by atoms with E-state index in [1.165, 1.54) is 33.4 Å². The second-order valence-corrected chi connectivity index (χ2v) is 27.8. The van der Waals surface area contributed by atoms with Crippen molar-refractivity contribution < 1.29 is 0 Å². The second-order valence-electron chi connectivity index (χ2n) is 27.8. The Kier molecular flexibility index (Phi) is 36.3. The van der Waals surface area contributed by atoms with E-state index in [-0.39, 0.29) is 0 Å². The van der Waals surface area contributed by atoms with Crippen LogP contribution in [-0.2, 0) is 67.0 Å². The van der Waals surface area contributed by atoms with Crippen LogP contribution in [0.2, 0.25) is 0 Å². The number of hydrogen-bond donors (Lipinski definition) is 16. The number of para-hydroxylation sites is 2. The van der Waals surface area contributed by atoms with E-state index in [1.54, 1.807) is 25.3 Å². The normalized spacial score (nSPS) is 10.3. The van der Waals surface area contributed by atoms with Crippen LogP contribution in [0.4, 0.5) is 107 Å². The van der Waals surface area contributed by atoms with Gasteiger partial charge >= 0.3 is 0 Å². The Labute approximate surface area is 719 Å². The van der Waals surface area contributed by atoms with Gasteiger partial charge in [0.25, 0.3) is 5.95 Å². The number of rotatable bonds is 28. The number of nitrogens with two attached hydrogens (primary N) is 8. The zero-order valence-corrected chi connectivity index (χ0v) is 70.9. The molecule has 124 heavy (non-hydrogen) atoms. The fourth-order valence-corrected chi connectivity index (χ4v) is 11.2. The molecule has 0 aliphatic carbocycles. The van der Waals surface area contributed by atoms with E-state index >= 15 is 0 Å². The highest BCUT2D eigenvalue weighted by molar-refractivity contribution is 5.57. The molecule has 16 aromatic rings. The third-order valence-electron chi connectivity index (χ3n) is 18.3. The molecule has 40 heteroatoms. The largest absolute Gasteiger partial charge is 0.368 e. The maximum atomic E-state index is 5.59. The zero-order valence-electron chi connectivity index (χ0n) is 70.9. The number of anilines is 18. The van der Waals surface area contributed by atoms with E-state index in [1.807, 2.05) is 227 Å². The Balaban J connectivity index is 0.000000161. The van der Waals surface area contributed by atoms with Gasteiger partial charge in [0.05, 0.1) is 0 Å². The Morgan fingerprint density at radius 1 is 0.298 bits per heavy atom. The highest BCUT2D eigenvalue weighted by atomic mass is 15.4. The van der Waals surface area contributed by atoms with E-state index in [4.69, 9.17) is 45.9 Å². The summed E-state index contributed by atoms with van der Waals surface area (Å²) in [5.41, 5.74) is 53.8. The summed E-state index contributed by atoms with van der Waals surface area (Å²) in [5, 5.41) is 69.8. The van der Waals surface area contributed by atoms with E-state index < -0.39 is 0 Å². The van der Waals surface area contributed by atoms with Crippen LogP contribution in [-0.4, -0.2) is 174 Å². The molecule has 8 aromatic carbocycles. The fraction of sp³-hybridized carbons (Fsp3) is 0.238.